The molecule has 0 N–H and O–H groups in total. The molecule has 3 heteroatoms. The van der Waals surface area contributed by atoms with Crippen LogP contribution in [0.2, 0.25) is 0 Å². The van der Waals surface area contributed by atoms with Gasteiger partial charge in [0.15, 0.2) is 5.78 Å². The number of carbonyl (C=O) groups is 1. The Balaban J connectivity index is 1.87. The number of aryl methyl sites for hydroxylation is 2. The lowest BCUT2D eigenvalue weighted by molar-refractivity contribution is 0.0726. The molecule has 0 atom stereocenters. The monoisotopic (exact) mass is 284 g/mol. The van der Waals surface area contributed by atoms with Crippen LogP contribution in [0.25, 0.3) is 0 Å². The summed E-state index contributed by atoms with van der Waals surface area (Å²) in [6.07, 6.45) is 0. The van der Waals surface area contributed by atoms with Gasteiger partial charge in [0.1, 0.15) is 12.4 Å². The molecule has 0 aliphatic carbocycles. The molecule has 0 aliphatic rings. The lowest BCUT2D eigenvalue weighted by Gasteiger charge is -2.07. The first-order valence-corrected chi connectivity index (χ1v) is 6.91. The summed E-state index contributed by atoms with van der Waals surface area (Å²) in [4.78, 5) is 12.1. The van der Waals surface area contributed by atoms with Crippen molar-refractivity contribution in [2.45, 2.75) is 20.5 Å². The summed E-state index contributed by atoms with van der Waals surface area (Å²) >= 11 is 0. The van der Waals surface area contributed by atoms with E-state index in [1.54, 1.807) is 7.11 Å². The van der Waals surface area contributed by atoms with Gasteiger partial charge in [-0.2, -0.15) is 0 Å². The van der Waals surface area contributed by atoms with Gasteiger partial charge in [-0.25, -0.2) is 0 Å². The van der Waals surface area contributed by atoms with Crippen LogP contribution >= 0.6 is 0 Å². The van der Waals surface area contributed by atoms with Crippen LogP contribution in [0.15, 0.2) is 42.5 Å². The van der Waals surface area contributed by atoms with E-state index < -0.39 is 0 Å². The molecule has 21 heavy (non-hydrogen) atoms. The third kappa shape index (κ3) is 4.17. The number of ketones is 1. The number of rotatable bonds is 6. The largest absolute Gasteiger partial charge is 0.497 e. The van der Waals surface area contributed by atoms with Crippen LogP contribution in [0.3, 0.4) is 0 Å². The van der Waals surface area contributed by atoms with Crippen molar-refractivity contribution in [3.05, 3.63) is 64.7 Å². The first kappa shape index (κ1) is 15.3. The Morgan fingerprint density at radius 2 is 1.71 bits per heavy atom. The minimum Gasteiger partial charge on any atom is -0.497 e. The van der Waals surface area contributed by atoms with Gasteiger partial charge in [-0.1, -0.05) is 24.3 Å². The van der Waals surface area contributed by atoms with Gasteiger partial charge in [-0.15, -0.1) is 0 Å². The molecule has 110 valence electrons. The number of benzene rings is 2. The third-order valence-corrected chi connectivity index (χ3v) is 3.49. The fourth-order valence-corrected chi connectivity index (χ4v) is 1.98. The average Bonchev–Trinajstić information content (AvgIpc) is 2.50. The molecule has 0 aliphatic heterocycles. The van der Waals surface area contributed by atoms with Crippen molar-refractivity contribution in [2.24, 2.45) is 0 Å². The summed E-state index contributed by atoms with van der Waals surface area (Å²) in [5.41, 5.74) is 4.03. The highest BCUT2D eigenvalue weighted by molar-refractivity contribution is 5.97. The number of methoxy groups -OCH3 is 1. The van der Waals surface area contributed by atoms with Gasteiger partial charge < -0.3 is 9.47 Å². The van der Waals surface area contributed by atoms with Gasteiger partial charge in [-0.05, 0) is 48.7 Å². The summed E-state index contributed by atoms with van der Waals surface area (Å²) < 4.78 is 10.6. The number of ether oxygens (including phenoxy) is 2. The molecule has 0 bridgehead atoms. The molecule has 0 saturated heterocycles. The van der Waals surface area contributed by atoms with Gasteiger partial charge in [0.05, 0.1) is 13.7 Å². The molecule has 0 heterocycles. The number of hydrogen-bond acceptors (Lipinski definition) is 3. The maximum Gasteiger partial charge on any atom is 0.188 e. The van der Waals surface area contributed by atoms with Crippen LogP contribution in [-0.2, 0) is 11.3 Å². The minimum absolute atomic E-state index is 0.00612. The Morgan fingerprint density at radius 1 is 1.00 bits per heavy atom. The predicted octanol–water partition coefficient (Wildman–Crippen LogP) is 3.71. The van der Waals surface area contributed by atoms with Crippen LogP contribution < -0.4 is 4.74 Å². The molecule has 0 fully saturated rings. The third-order valence-electron chi connectivity index (χ3n) is 3.49. The summed E-state index contributed by atoms with van der Waals surface area (Å²) in [5.74, 6) is 0.816. The van der Waals surface area contributed by atoms with E-state index in [0.717, 1.165) is 16.9 Å². The summed E-state index contributed by atoms with van der Waals surface area (Å²) in [7, 11) is 1.63. The zero-order valence-corrected chi connectivity index (χ0v) is 12.7. The quantitative estimate of drug-likeness (QED) is 0.759. The zero-order chi connectivity index (χ0) is 15.2. The fraction of sp³-hybridized carbons (Fsp3) is 0.278. The molecule has 3 nitrogen and oxygen atoms in total. The summed E-state index contributed by atoms with van der Waals surface area (Å²) in [6, 6.07) is 13.3. The van der Waals surface area contributed by atoms with Crippen molar-refractivity contribution in [2.75, 3.05) is 13.7 Å². The molecule has 2 rings (SSSR count). The van der Waals surface area contributed by atoms with E-state index in [1.165, 1.54) is 5.56 Å². The van der Waals surface area contributed by atoms with Crippen LogP contribution in [0.4, 0.5) is 0 Å². The van der Waals surface area contributed by atoms with Gasteiger partial charge in [0.25, 0.3) is 0 Å². The van der Waals surface area contributed by atoms with E-state index in [-0.39, 0.29) is 12.4 Å². The minimum atomic E-state index is 0.00612. The molecule has 0 unspecified atom stereocenters. The number of carbonyl (C=O) groups excluding carboxylic acids is 1. The molecule has 0 saturated carbocycles. The van der Waals surface area contributed by atoms with Crippen molar-refractivity contribution in [1.82, 2.24) is 0 Å². The standard InChI is InChI=1S/C18H20O3/c1-13-4-7-16(10-14(13)2)18(19)12-21-11-15-5-8-17(20-3)9-6-15/h4-10H,11-12H2,1-3H3. The van der Waals surface area contributed by atoms with Gasteiger partial charge >= 0.3 is 0 Å². The molecule has 2 aromatic carbocycles. The second-order valence-corrected chi connectivity index (χ2v) is 5.06. The molecular weight excluding hydrogens is 264 g/mol. The highest BCUT2D eigenvalue weighted by Gasteiger charge is 2.07. The number of Topliss-reactive ketones (excluding diaryl/α,β-unsaturated/α-hetero) is 1. The Hall–Kier alpha value is -2.13. The summed E-state index contributed by atoms with van der Waals surface area (Å²) in [5, 5.41) is 0. The van der Waals surface area contributed by atoms with E-state index in [9.17, 15) is 4.79 Å². The van der Waals surface area contributed by atoms with Crippen LogP contribution in [0.1, 0.15) is 27.0 Å². The Labute approximate surface area is 125 Å². The van der Waals surface area contributed by atoms with Crippen LogP contribution in [-0.4, -0.2) is 19.5 Å². The zero-order valence-electron chi connectivity index (χ0n) is 12.7. The number of hydrogen-bond donors (Lipinski definition) is 0. The van der Waals surface area contributed by atoms with Crippen molar-refractivity contribution in [3.8, 4) is 5.75 Å². The molecule has 0 aromatic heterocycles. The Kier molecular flexibility index (Phi) is 5.12. The molecular formula is C18H20O3. The SMILES string of the molecule is COc1ccc(COCC(=O)c2ccc(C)c(C)c2)cc1. The van der Waals surface area contributed by atoms with Gasteiger partial charge in [0.2, 0.25) is 0 Å². The van der Waals surface area contributed by atoms with E-state index in [2.05, 4.69) is 0 Å². The Bertz CT molecular complexity index is 615. The highest BCUT2D eigenvalue weighted by atomic mass is 16.5. The molecule has 0 spiro atoms. The van der Waals surface area contributed by atoms with Gasteiger partial charge in [-0.3, -0.25) is 4.79 Å². The van der Waals surface area contributed by atoms with E-state index in [1.807, 2.05) is 56.3 Å². The lowest BCUT2D eigenvalue weighted by Crippen LogP contribution is -2.09. The van der Waals surface area contributed by atoms with Crippen molar-refractivity contribution in [1.29, 1.82) is 0 Å². The van der Waals surface area contributed by atoms with E-state index in [4.69, 9.17) is 9.47 Å². The smallest absolute Gasteiger partial charge is 0.188 e. The average molecular weight is 284 g/mol. The molecule has 0 radical (unpaired) electrons. The van der Waals surface area contributed by atoms with Crippen molar-refractivity contribution in [3.63, 3.8) is 0 Å². The Morgan fingerprint density at radius 3 is 2.33 bits per heavy atom. The van der Waals surface area contributed by atoms with Crippen LogP contribution in [0.5, 0.6) is 5.75 Å². The van der Waals surface area contributed by atoms with E-state index in [0.29, 0.717) is 12.2 Å². The van der Waals surface area contributed by atoms with Crippen molar-refractivity contribution < 1.29 is 14.3 Å². The van der Waals surface area contributed by atoms with E-state index >= 15 is 0 Å². The fourth-order valence-electron chi connectivity index (χ4n) is 1.98. The second kappa shape index (κ2) is 7.04. The summed E-state index contributed by atoms with van der Waals surface area (Å²) in [6.45, 7) is 4.54. The lowest BCUT2D eigenvalue weighted by atomic mass is 10.0. The predicted molar refractivity (Wildman–Crippen MR) is 82.9 cm³/mol. The topological polar surface area (TPSA) is 35.5 Å². The first-order chi connectivity index (χ1) is 10.1. The maximum atomic E-state index is 12.1. The maximum absolute atomic E-state index is 12.1. The van der Waals surface area contributed by atoms with Crippen molar-refractivity contribution >= 4 is 5.78 Å². The second-order valence-electron chi connectivity index (χ2n) is 5.06. The normalized spacial score (nSPS) is 10.4. The molecule has 2 aromatic rings. The molecule has 0 amide bonds. The highest BCUT2D eigenvalue weighted by Crippen LogP contribution is 2.13. The van der Waals surface area contributed by atoms with Crippen LogP contribution in [0, 0.1) is 13.8 Å². The van der Waals surface area contributed by atoms with Gasteiger partial charge in [0, 0.05) is 5.56 Å². The first-order valence-electron chi connectivity index (χ1n) is 6.91.